The quantitative estimate of drug-likeness (QED) is 0.805. The van der Waals surface area contributed by atoms with Gasteiger partial charge < -0.3 is 0 Å². The van der Waals surface area contributed by atoms with Gasteiger partial charge in [-0.2, -0.15) is 0 Å². The van der Waals surface area contributed by atoms with Crippen LogP contribution in [0.3, 0.4) is 0 Å². The minimum atomic E-state index is -3.92. The largest absolute Gasteiger partial charge is 0.279 e. The molecule has 0 aliphatic heterocycles. The highest BCUT2D eigenvalue weighted by atomic mass is 79.9. The van der Waals surface area contributed by atoms with E-state index in [2.05, 4.69) is 20.7 Å². The van der Waals surface area contributed by atoms with Gasteiger partial charge >= 0.3 is 0 Å². The molecule has 2 rings (SSSR count). The third-order valence-corrected chi connectivity index (χ3v) is 7.75. The topological polar surface area (TPSA) is 106 Å². The van der Waals surface area contributed by atoms with Gasteiger partial charge in [0.25, 0.3) is 10.0 Å². The van der Waals surface area contributed by atoms with E-state index < -0.39 is 20.0 Å². The molecule has 0 spiro atoms. The maximum atomic E-state index is 12.3. The van der Waals surface area contributed by atoms with E-state index in [1.807, 2.05) is 0 Å². The summed E-state index contributed by atoms with van der Waals surface area (Å²) in [6, 6.07) is 5.84. The van der Waals surface area contributed by atoms with Crippen molar-refractivity contribution in [1.82, 2.24) is 0 Å². The van der Waals surface area contributed by atoms with Gasteiger partial charge in [0.15, 0.2) is 4.21 Å². The molecule has 0 fully saturated rings. The van der Waals surface area contributed by atoms with Gasteiger partial charge in [-0.3, -0.25) is 4.72 Å². The van der Waals surface area contributed by atoms with Crippen molar-refractivity contribution in [3.63, 3.8) is 0 Å². The molecule has 0 radical (unpaired) electrons. The number of halogens is 1. The zero-order valence-corrected chi connectivity index (χ0v) is 14.7. The molecule has 0 saturated heterocycles. The second-order valence-corrected chi connectivity index (χ2v) is 9.31. The van der Waals surface area contributed by atoms with Crippen molar-refractivity contribution in [2.45, 2.75) is 16.0 Å². The molecule has 10 heteroatoms. The van der Waals surface area contributed by atoms with E-state index >= 15 is 0 Å². The van der Waals surface area contributed by atoms with Gasteiger partial charge in [0.05, 0.1) is 10.6 Å². The Kier molecular flexibility index (Phi) is 4.45. The second-order valence-electron chi connectivity index (χ2n) is 4.14. The summed E-state index contributed by atoms with van der Waals surface area (Å²) in [7, 11) is -7.71. The van der Waals surface area contributed by atoms with Gasteiger partial charge in [-0.1, -0.05) is 6.07 Å². The van der Waals surface area contributed by atoms with Crippen molar-refractivity contribution in [1.29, 1.82) is 0 Å². The smallest absolute Gasteiger partial charge is 0.272 e. The van der Waals surface area contributed by atoms with Crippen molar-refractivity contribution >= 4 is 53.0 Å². The summed E-state index contributed by atoms with van der Waals surface area (Å²) in [5, 5.41) is 6.73. The lowest BCUT2D eigenvalue weighted by Gasteiger charge is -2.12. The van der Waals surface area contributed by atoms with Crippen molar-refractivity contribution in [2.75, 3.05) is 4.72 Å². The van der Waals surface area contributed by atoms with E-state index in [1.165, 1.54) is 25.1 Å². The zero-order chi connectivity index (χ0) is 15.8. The lowest BCUT2D eigenvalue weighted by molar-refractivity contribution is 0.596. The number of anilines is 1. The molecule has 21 heavy (non-hydrogen) atoms. The molecule has 0 unspecified atom stereocenters. The number of hydrogen-bond donors (Lipinski definition) is 2. The monoisotopic (exact) mass is 410 g/mol. The van der Waals surface area contributed by atoms with Crippen molar-refractivity contribution in [2.24, 2.45) is 5.14 Å². The Labute approximate surface area is 135 Å². The summed E-state index contributed by atoms with van der Waals surface area (Å²) in [6.07, 6.45) is 0. The highest BCUT2D eigenvalue weighted by Gasteiger charge is 2.22. The van der Waals surface area contributed by atoms with Crippen LogP contribution in [0.1, 0.15) is 5.56 Å². The number of hydrogen-bond acceptors (Lipinski definition) is 5. The highest BCUT2D eigenvalue weighted by molar-refractivity contribution is 9.10. The third kappa shape index (κ3) is 3.46. The molecule has 1 heterocycles. The van der Waals surface area contributed by atoms with Crippen LogP contribution in [0.25, 0.3) is 0 Å². The average Bonchev–Trinajstić information content (AvgIpc) is 2.77. The maximum Gasteiger partial charge on any atom is 0.272 e. The van der Waals surface area contributed by atoms with E-state index in [4.69, 9.17) is 5.14 Å². The molecule has 3 N–H and O–H groups in total. The third-order valence-electron chi connectivity index (χ3n) is 2.66. The number of benzene rings is 1. The van der Waals surface area contributed by atoms with Crippen LogP contribution in [0.2, 0.25) is 0 Å². The van der Waals surface area contributed by atoms with Gasteiger partial charge in [-0.25, -0.2) is 22.0 Å². The summed E-state index contributed by atoms with van der Waals surface area (Å²) in [5.41, 5.74) is 0.415. The Bertz CT molecular complexity index is 888. The van der Waals surface area contributed by atoms with E-state index in [0.29, 0.717) is 4.47 Å². The maximum absolute atomic E-state index is 12.3. The minimum absolute atomic E-state index is 0.114. The van der Waals surface area contributed by atoms with Crippen molar-refractivity contribution in [3.8, 4) is 0 Å². The molecule has 2 aromatic rings. The first-order valence-corrected chi connectivity index (χ1v) is 10.2. The first kappa shape index (κ1) is 16.4. The molecule has 0 atom stereocenters. The summed E-state index contributed by atoms with van der Waals surface area (Å²) in [4.78, 5) is -0.118. The lowest BCUT2D eigenvalue weighted by Crippen LogP contribution is -2.17. The van der Waals surface area contributed by atoms with E-state index in [9.17, 15) is 16.8 Å². The minimum Gasteiger partial charge on any atom is -0.279 e. The SMILES string of the molecule is Cc1c(NS(=O)(=O)c2sccc2Br)cccc1S(N)(=O)=O. The van der Waals surface area contributed by atoms with E-state index in [-0.39, 0.29) is 20.4 Å². The molecule has 0 bridgehead atoms. The molecular formula is C11H11BrN2O4S3. The second kappa shape index (κ2) is 5.69. The fourth-order valence-corrected chi connectivity index (χ4v) is 5.96. The van der Waals surface area contributed by atoms with Gasteiger partial charge in [-0.15, -0.1) is 11.3 Å². The zero-order valence-electron chi connectivity index (χ0n) is 10.7. The first-order valence-electron chi connectivity index (χ1n) is 5.51. The number of sulfonamides is 2. The number of nitrogens with one attached hydrogen (secondary N) is 1. The normalized spacial score (nSPS) is 12.3. The van der Waals surface area contributed by atoms with E-state index in [0.717, 1.165) is 11.3 Å². The van der Waals surface area contributed by atoms with Crippen molar-refractivity contribution in [3.05, 3.63) is 39.7 Å². The molecule has 6 nitrogen and oxygen atoms in total. The van der Waals surface area contributed by atoms with Crippen molar-refractivity contribution < 1.29 is 16.8 Å². The average molecular weight is 411 g/mol. The van der Waals surface area contributed by atoms with Crippen LogP contribution in [0.4, 0.5) is 5.69 Å². The molecule has 0 aliphatic carbocycles. The highest BCUT2D eigenvalue weighted by Crippen LogP contribution is 2.31. The van der Waals surface area contributed by atoms with Gasteiger partial charge in [-0.05, 0) is 52.0 Å². The van der Waals surface area contributed by atoms with Gasteiger partial charge in [0, 0.05) is 4.47 Å². The van der Waals surface area contributed by atoms with Crippen LogP contribution in [-0.2, 0) is 20.0 Å². The summed E-state index contributed by atoms with van der Waals surface area (Å²) in [6.45, 7) is 1.49. The Hall–Kier alpha value is -0.940. The summed E-state index contributed by atoms with van der Waals surface area (Å²) in [5.74, 6) is 0. The first-order chi connectivity index (χ1) is 9.63. The molecule has 1 aromatic heterocycles. The predicted octanol–water partition coefficient (Wildman–Crippen LogP) is 2.27. The van der Waals surface area contributed by atoms with Crippen LogP contribution in [-0.4, -0.2) is 16.8 Å². The van der Waals surface area contributed by atoms with Crippen LogP contribution in [0, 0.1) is 6.92 Å². The molecule has 0 amide bonds. The number of rotatable bonds is 4. The molecule has 0 saturated carbocycles. The Balaban J connectivity index is 2.49. The standard InChI is InChI=1S/C11H11BrN2O4S3/c1-7-9(3-2-4-10(7)20(13,15)16)14-21(17,18)11-8(12)5-6-19-11/h2-6,14H,1H3,(H2,13,15,16). The summed E-state index contributed by atoms with van der Waals surface area (Å²) >= 11 is 4.21. The fraction of sp³-hybridized carbons (Fsp3) is 0.0909. The molecule has 0 aliphatic rings. The van der Waals surface area contributed by atoms with Crippen LogP contribution < -0.4 is 9.86 Å². The Morgan fingerprint density at radius 2 is 1.86 bits per heavy atom. The molecular weight excluding hydrogens is 400 g/mol. The summed E-state index contributed by atoms with van der Waals surface area (Å²) < 4.78 is 50.4. The Morgan fingerprint density at radius 3 is 2.38 bits per heavy atom. The van der Waals surface area contributed by atoms with E-state index in [1.54, 1.807) is 11.4 Å². The molecule has 114 valence electrons. The number of nitrogens with two attached hydrogens (primary N) is 1. The van der Waals surface area contributed by atoms with Gasteiger partial charge in [0.1, 0.15) is 0 Å². The number of primary sulfonamides is 1. The van der Waals surface area contributed by atoms with Crippen LogP contribution in [0.15, 0.2) is 43.2 Å². The lowest BCUT2D eigenvalue weighted by atomic mass is 10.2. The Morgan fingerprint density at radius 1 is 1.19 bits per heavy atom. The molecule has 1 aromatic carbocycles. The van der Waals surface area contributed by atoms with Crippen LogP contribution >= 0.6 is 27.3 Å². The predicted molar refractivity (Wildman–Crippen MR) is 85.4 cm³/mol. The van der Waals surface area contributed by atoms with Gasteiger partial charge in [0.2, 0.25) is 10.0 Å². The number of thiophene rings is 1. The van der Waals surface area contributed by atoms with Crippen LogP contribution in [0.5, 0.6) is 0 Å². The fourth-order valence-electron chi connectivity index (χ4n) is 1.70.